The van der Waals surface area contributed by atoms with Gasteiger partial charge in [-0.3, -0.25) is 10.7 Å². The zero-order chi connectivity index (χ0) is 7.82. The Morgan fingerprint density at radius 3 is 2.70 bits per heavy atom. The van der Waals surface area contributed by atoms with Crippen molar-refractivity contribution in [1.29, 1.82) is 0 Å². The molecule has 0 unspecified atom stereocenters. The summed E-state index contributed by atoms with van der Waals surface area (Å²) in [6.07, 6.45) is 3.78. The highest BCUT2D eigenvalue weighted by Gasteiger charge is 1.80. The van der Waals surface area contributed by atoms with Crippen molar-refractivity contribution in [2.75, 3.05) is 0 Å². The number of rotatable bonds is 0. The monoisotopic (exact) mass is 135 g/mol. The Labute approximate surface area is 60.6 Å². The molecule has 0 radical (unpaired) electrons. The number of carbonyl (C=O) groups is 1. The van der Waals surface area contributed by atoms with Gasteiger partial charge in [-0.2, -0.15) is 6.42 Å². The lowest BCUT2D eigenvalue weighted by Gasteiger charge is -1.82. The fraction of sp³-hybridized carbons (Fsp3) is 0.250. The van der Waals surface area contributed by atoms with Crippen molar-refractivity contribution in [3.8, 4) is 23.9 Å². The van der Waals surface area contributed by atoms with Crippen molar-refractivity contribution < 1.29 is 9.53 Å². The van der Waals surface area contributed by atoms with Crippen LogP contribution in [0.25, 0.3) is 0 Å². The summed E-state index contributed by atoms with van der Waals surface area (Å²) in [5.41, 5.74) is 0. The molecule has 2 heteroatoms. The van der Waals surface area contributed by atoms with E-state index in [-0.39, 0.29) is 0 Å². The first-order chi connectivity index (χ1) is 4.77. The smallest absolute Gasteiger partial charge is 0.316 e. The van der Waals surface area contributed by atoms with E-state index in [0.29, 0.717) is 0 Å². The van der Waals surface area contributed by atoms with Gasteiger partial charge in [0.1, 0.15) is 6.11 Å². The van der Waals surface area contributed by atoms with Crippen molar-refractivity contribution in [2.24, 2.45) is 0 Å². The van der Waals surface area contributed by atoms with Crippen LogP contribution in [0, 0.1) is 30.3 Å². The van der Waals surface area contributed by atoms with Gasteiger partial charge in [0, 0.05) is 6.92 Å². The molecule has 0 saturated heterocycles. The lowest BCUT2D eigenvalue weighted by molar-refractivity contribution is -0.134. The molecule has 0 aromatic rings. The van der Waals surface area contributed by atoms with Crippen LogP contribution in [0.15, 0.2) is 0 Å². The van der Waals surface area contributed by atoms with Gasteiger partial charge in [0.15, 0.2) is 0 Å². The van der Waals surface area contributed by atoms with Crippen LogP contribution in [0.5, 0.6) is 0 Å². The molecular weight excluding hydrogens is 128 g/mol. The maximum atomic E-state index is 10.1. The Balaban J connectivity index is 3.60. The molecule has 0 bridgehead atoms. The minimum Gasteiger partial charge on any atom is -0.373 e. The molecule has 0 atom stereocenters. The van der Waals surface area contributed by atoms with Crippen LogP contribution >= 0.6 is 0 Å². The van der Waals surface area contributed by atoms with Gasteiger partial charge < -0.3 is 4.74 Å². The average molecular weight is 135 g/mol. The van der Waals surface area contributed by atoms with Gasteiger partial charge in [-0.05, 0) is 0 Å². The van der Waals surface area contributed by atoms with E-state index in [1.165, 1.54) is 6.92 Å². The maximum absolute atomic E-state index is 10.1. The van der Waals surface area contributed by atoms with Crippen molar-refractivity contribution in [3.63, 3.8) is 0 Å². The van der Waals surface area contributed by atoms with Crippen LogP contribution in [-0.2, 0) is 9.53 Å². The number of hydrogen-bond acceptors (Lipinski definition) is 2. The third kappa shape index (κ3) is 6.46. The lowest BCUT2D eigenvalue weighted by Crippen LogP contribution is -1.89. The Morgan fingerprint density at radius 2 is 2.20 bits per heavy atom. The highest BCUT2D eigenvalue weighted by atomic mass is 16.5. The van der Waals surface area contributed by atoms with Crippen molar-refractivity contribution in [1.82, 2.24) is 0 Å². The molecule has 0 rings (SSSR count). The number of hydrogen-bond donors (Lipinski definition) is 0. The Hall–Kier alpha value is -1.54. The number of carbonyl (C=O) groups excluding carboxylic acids is 1. The minimum absolute atomic E-state index is 0.422. The van der Waals surface area contributed by atoms with E-state index in [2.05, 4.69) is 28.6 Å². The van der Waals surface area contributed by atoms with Gasteiger partial charge in [-0.25, -0.2) is 5.92 Å². The normalized spacial score (nSPS) is 5.80. The first kappa shape index (κ1) is 8.46. The molecular formula is C8H7O2-. The van der Waals surface area contributed by atoms with E-state index in [1.54, 1.807) is 13.3 Å². The molecule has 0 N–H and O–H groups in total. The Kier molecular flexibility index (Phi) is 4.73. The number of ether oxygens (including phenoxy) is 1. The van der Waals surface area contributed by atoms with E-state index >= 15 is 0 Å². The lowest BCUT2D eigenvalue weighted by atomic mass is 10.5. The highest BCUT2D eigenvalue weighted by molar-refractivity contribution is 5.67. The van der Waals surface area contributed by atoms with Gasteiger partial charge in [0.2, 0.25) is 0 Å². The summed E-state index contributed by atoms with van der Waals surface area (Å²) in [6, 6.07) is 0. The highest BCUT2D eigenvalue weighted by Crippen LogP contribution is 1.69. The Morgan fingerprint density at radius 1 is 1.50 bits per heavy atom. The standard InChI is InChI=1S/C8H7O2/c1-3-4-5-6-7-10-8(2)9/h3H,1-2H3/q-1. The van der Waals surface area contributed by atoms with E-state index in [4.69, 9.17) is 0 Å². The molecule has 0 fully saturated rings. The number of esters is 1. The molecule has 0 saturated carbocycles. The second-order valence-electron chi connectivity index (χ2n) is 1.38. The SMILES string of the molecule is C[CH-]C#CC#COC(C)=O. The summed E-state index contributed by atoms with van der Waals surface area (Å²) in [4.78, 5) is 10.1. The first-order valence-corrected chi connectivity index (χ1v) is 2.73. The molecule has 10 heavy (non-hydrogen) atoms. The molecule has 0 spiro atoms. The second kappa shape index (κ2) is 5.59. The molecule has 0 aliphatic heterocycles. The molecule has 2 nitrogen and oxygen atoms in total. The van der Waals surface area contributed by atoms with Gasteiger partial charge in [0.05, 0.1) is 0 Å². The van der Waals surface area contributed by atoms with Gasteiger partial charge in [-0.1, -0.05) is 5.92 Å². The first-order valence-electron chi connectivity index (χ1n) is 2.73. The van der Waals surface area contributed by atoms with Crippen molar-refractivity contribution in [2.45, 2.75) is 13.8 Å². The quantitative estimate of drug-likeness (QED) is 0.278. The summed E-state index contributed by atoms with van der Waals surface area (Å²) in [5.74, 6) is 6.94. The van der Waals surface area contributed by atoms with E-state index < -0.39 is 5.97 Å². The van der Waals surface area contributed by atoms with Crippen molar-refractivity contribution >= 4 is 5.97 Å². The third-order valence-corrected chi connectivity index (χ3v) is 0.525. The van der Waals surface area contributed by atoms with Crippen LogP contribution in [-0.4, -0.2) is 5.97 Å². The fourth-order valence-corrected chi connectivity index (χ4v) is 0.231. The molecule has 0 amide bonds. The van der Waals surface area contributed by atoms with Gasteiger partial charge in [0.25, 0.3) is 0 Å². The van der Waals surface area contributed by atoms with E-state index in [0.717, 1.165) is 0 Å². The summed E-state index contributed by atoms with van der Waals surface area (Å²) in [6.45, 7) is 3.08. The average Bonchev–Trinajstić information content (AvgIpc) is 1.87. The summed E-state index contributed by atoms with van der Waals surface area (Å²) < 4.78 is 4.27. The molecule has 52 valence electrons. The van der Waals surface area contributed by atoms with Crippen LogP contribution in [0.2, 0.25) is 0 Å². The molecule has 0 heterocycles. The zero-order valence-electron chi connectivity index (χ0n) is 5.89. The fourth-order valence-electron chi connectivity index (χ4n) is 0.231. The maximum Gasteiger partial charge on any atom is 0.316 e. The zero-order valence-corrected chi connectivity index (χ0v) is 5.89. The largest absolute Gasteiger partial charge is 0.373 e. The van der Waals surface area contributed by atoms with E-state index in [1.807, 2.05) is 0 Å². The predicted octanol–water partition coefficient (Wildman–Crippen LogP) is 0.738. The molecule has 0 aliphatic rings. The molecule has 0 aromatic heterocycles. The molecule has 0 aromatic carbocycles. The van der Waals surface area contributed by atoms with Gasteiger partial charge >= 0.3 is 5.97 Å². The summed E-state index contributed by atoms with van der Waals surface area (Å²) in [7, 11) is 0. The van der Waals surface area contributed by atoms with Crippen molar-refractivity contribution in [3.05, 3.63) is 6.42 Å². The summed E-state index contributed by atoms with van der Waals surface area (Å²) >= 11 is 0. The minimum atomic E-state index is -0.422. The van der Waals surface area contributed by atoms with Gasteiger partial charge in [-0.15, -0.1) is 6.92 Å². The third-order valence-electron chi connectivity index (χ3n) is 0.525. The Bertz CT molecular complexity index is 219. The summed E-state index contributed by atoms with van der Waals surface area (Å²) in [5, 5.41) is 0. The van der Waals surface area contributed by atoms with Crippen LogP contribution < -0.4 is 0 Å². The van der Waals surface area contributed by atoms with E-state index in [9.17, 15) is 4.79 Å². The molecule has 0 aliphatic carbocycles. The second-order valence-corrected chi connectivity index (χ2v) is 1.38. The van der Waals surface area contributed by atoms with Crippen LogP contribution in [0.1, 0.15) is 13.8 Å². The predicted molar refractivity (Wildman–Crippen MR) is 37.3 cm³/mol. The van der Waals surface area contributed by atoms with Crippen LogP contribution in [0.4, 0.5) is 0 Å². The van der Waals surface area contributed by atoms with Crippen LogP contribution in [0.3, 0.4) is 0 Å². The topological polar surface area (TPSA) is 26.3 Å².